The fourth-order valence-corrected chi connectivity index (χ4v) is 2.00. The summed E-state index contributed by atoms with van der Waals surface area (Å²) in [6.07, 6.45) is 4.30. The van der Waals surface area contributed by atoms with Gasteiger partial charge in [-0.15, -0.1) is 0 Å². The second-order valence-corrected chi connectivity index (χ2v) is 3.98. The molecule has 0 radical (unpaired) electrons. The molecule has 5 heteroatoms. The van der Waals surface area contributed by atoms with Crippen LogP contribution in [0.1, 0.15) is 29.8 Å². The van der Waals surface area contributed by atoms with Crippen LogP contribution in [0.4, 0.5) is 5.82 Å². The lowest BCUT2D eigenvalue weighted by Crippen LogP contribution is -2.31. The van der Waals surface area contributed by atoms with Crippen molar-refractivity contribution in [2.45, 2.75) is 19.4 Å². The molecule has 0 bridgehead atoms. The van der Waals surface area contributed by atoms with Crippen molar-refractivity contribution >= 4 is 5.82 Å². The molecule has 2 heterocycles. The molecule has 0 amide bonds. The van der Waals surface area contributed by atoms with Crippen LogP contribution >= 0.6 is 0 Å². The number of hydrazine groups is 1. The summed E-state index contributed by atoms with van der Waals surface area (Å²) in [4.78, 5) is 8.50. The van der Waals surface area contributed by atoms with E-state index in [1.54, 1.807) is 12.4 Å². The molecule has 1 unspecified atom stereocenters. The van der Waals surface area contributed by atoms with Crippen molar-refractivity contribution < 1.29 is 0 Å². The van der Waals surface area contributed by atoms with Gasteiger partial charge in [-0.3, -0.25) is 10.8 Å². The molecule has 0 aliphatic carbocycles. The maximum atomic E-state index is 5.89. The van der Waals surface area contributed by atoms with Gasteiger partial charge in [-0.2, -0.15) is 0 Å². The molecular weight excluding hydrogens is 226 g/mol. The fourth-order valence-electron chi connectivity index (χ4n) is 2.00. The maximum absolute atomic E-state index is 5.89. The first kappa shape index (κ1) is 12.5. The monoisotopic (exact) mass is 243 g/mol. The molecule has 18 heavy (non-hydrogen) atoms. The van der Waals surface area contributed by atoms with Gasteiger partial charge in [0.25, 0.3) is 0 Å². The third kappa shape index (κ3) is 2.32. The van der Waals surface area contributed by atoms with Gasteiger partial charge in [-0.1, -0.05) is 19.1 Å². The van der Waals surface area contributed by atoms with Crippen LogP contribution in [0.25, 0.3) is 0 Å². The van der Waals surface area contributed by atoms with Gasteiger partial charge in [0.05, 0.1) is 11.7 Å². The van der Waals surface area contributed by atoms with Crippen molar-refractivity contribution in [3.8, 4) is 0 Å². The third-order valence-corrected chi connectivity index (χ3v) is 2.93. The van der Waals surface area contributed by atoms with E-state index in [4.69, 9.17) is 11.6 Å². The van der Waals surface area contributed by atoms with E-state index in [0.29, 0.717) is 5.82 Å². The van der Waals surface area contributed by atoms with Gasteiger partial charge >= 0.3 is 0 Å². The fraction of sp³-hybridized carbons (Fsp3) is 0.231. The lowest BCUT2D eigenvalue weighted by molar-refractivity contribution is 0.614. The SMILES string of the molecule is CCc1cccnc1C(NN)c1cccnc1N. The maximum Gasteiger partial charge on any atom is 0.128 e. The van der Waals surface area contributed by atoms with Crippen LogP contribution in [0.3, 0.4) is 0 Å². The second-order valence-electron chi connectivity index (χ2n) is 3.98. The van der Waals surface area contributed by atoms with E-state index in [2.05, 4.69) is 22.3 Å². The molecule has 0 aliphatic heterocycles. The van der Waals surface area contributed by atoms with Crippen LogP contribution in [0.15, 0.2) is 36.7 Å². The molecular formula is C13H17N5. The van der Waals surface area contributed by atoms with E-state index < -0.39 is 0 Å². The molecule has 5 nitrogen and oxygen atoms in total. The van der Waals surface area contributed by atoms with Crippen molar-refractivity contribution in [1.82, 2.24) is 15.4 Å². The molecule has 0 aromatic carbocycles. The van der Waals surface area contributed by atoms with Crippen molar-refractivity contribution in [3.05, 3.63) is 53.5 Å². The van der Waals surface area contributed by atoms with Crippen LogP contribution in [0, 0.1) is 0 Å². The number of nitrogen functional groups attached to an aromatic ring is 1. The van der Waals surface area contributed by atoms with Gasteiger partial charge in [-0.05, 0) is 24.1 Å². The molecule has 2 rings (SSSR count). The summed E-state index contributed by atoms with van der Waals surface area (Å²) < 4.78 is 0. The third-order valence-electron chi connectivity index (χ3n) is 2.93. The summed E-state index contributed by atoms with van der Waals surface area (Å²) >= 11 is 0. The Morgan fingerprint density at radius 3 is 2.61 bits per heavy atom. The van der Waals surface area contributed by atoms with E-state index >= 15 is 0 Å². The predicted molar refractivity (Wildman–Crippen MR) is 71.4 cm³/mol. The summed E-state index contributed by atoms with van der Waals surface area (Å²) in [5, 5.41) is 0. The molecule has 0 aliphatic rings. The van der Waals surface area contributed by atoms with Crippen LogP contribution in [0.5, 0.6) is 0 Å². The highest BCUT2D eigenvalue weighted by atomic mass is 15.2. The Balaban J connectivity index is 2.49. The molecule has 0 spiro atoms. The Morgan fingerprint density at radius 2 is 1.94 bits per heavy atom. The zero-order valence-corrected chi connectivity index (χ0v) is 10.3. The topological polar surface area (TPSA) is 89.8 Å². The average Bonchev–Trinajstić information content (AvgIpc) is 2.42. The summed E-state index contributed by atoms with van der Waals surface area (Å²) in [6.45, 7) is 2.08. The first-order valence-corrected chi connectivity index (χ1v) is 5.88. The quantitative estimate of drug-likeness (QED) is 0.554. The summed E-state index contributed by atoms with van der Waals surface area (Å²) in [6, 6.07) is 7.46. The number of hydrogen-bond donors (Lipinski definition) is 3. The van der Waals surface area contributed by atoms with Gasteiger partial charge in [-0.25, -0.2) is 10.4 Å². The van der Waals surface area contributed by atoms with Crippen LogP contribution in [0.2, 0.25) is 0 Å². The predicted octanol–water partition coefficient (Wildman–Crippen LogP) is 1.17. The second kappa shape index (κ2) is 5.57. The number of aromatic nitrogens is 2. The van der Waals surface area contributed by atoms with Gasteiger partial charge in [0.1, 0.15) is 5.82 Å². The number of aryl methyl sites for hydroxylation is 1. The summed E-state index contributed by atoms with van der Waals surface area (Å²) in [5.41, 5.74) is 11.5. The summed E-state index contributed by atoms with van der Waals surface area (Å²) in [7, 11) is 0. The first-order chi connectivity index (χ1) is 8.77. The van der Waals surface area contributed by atoms with Gasteiger partial charge in [0, 0.05) is 18.0 Å². The van der Waals surface area contributed by atoms with Crippen LogP contribution < -0.4 is 17.0 Å². The van der Waals surface area contributed by atoms with Crippen molar-refractivity contribution in [2.24, 2.45) is 5.84 Å². The van der Waals surface area contributed by atoms with E-state index in [0.717, 1.165) is 23.2 Å². The molecule has 2 aromatic heterocycles. The smallest absolute Gasteiger partial charge is 0.128 e. The highest BCUT2D eigenvalue weighted by Crippen LogP contribution is 2.25. The molecule has 5 N–H and O–H groups in total. The van der Waals surface area contributed by atoms with E-state index in [1.165, 1.54) is 0 Å². The lowest BCUT2D eigenvalue weighted by atomic mass is 9.99. The van der Waals surface area contributed by atoms with Crippen molar-refractivity contribution in [1.29, 1.82) is 0 Å². The molecule has 1 atom stereocenters. The standard InChI is InChI=1S/C13H17N5/c1-2-9-5-3-7-16-11(9)12(18-15)10-6-4-8-17-13(10)14/h3-8,12,18H,2,15H2,1H3,(H2,14,17). The number of nitrogens with zero attached hydrogens (tertiary/aromatic N) is 2. The van der Waals surface area contributed by atoms with Gasteiger partial charge in [0.2, 0.25) is 0 Å². The zero-order chi connectivity index (χ0) is 13.0. The summed E-state index contributed by atoms with van der Waals surface area (Å²) in [5.74, 6) is 6.12. The van der Waals surface area contributed by atoms with E-state index in [1.807, 2.05) is 24.3 Å². The number of anilines is 1. The van der Waals surface area contributed by atoms with Crippen LogP contribution in [-0.2, 0) is 6.42 Å². The average molecular weight is 243 g/mol. The molecule has 0 saturated carbocycles. The van der Waals surface area contributed by atoms with Crippen LogP contribution in [-0.4, -0.2) is 9.97 Å². The minimum absolute atomic E-state index is 0.241. The number of hydrogen-bond acceptors (Lipinski definition) is 5. The Bertz CT molecular complexity index is 526. The molecule has 2 aromatic rings. The van der Waals surface area contributed by atoms with E-state index in [9.17, 15) is 0 Å². The number of rotatable bonds is 4. The number of nitrogens with one attached hydrogen (secondary N) is 1. The molecule has 94 valence electrons. The van der Waals surface area contributed by atoms with Gasteiger partial charge in [0.15, 0.2) is 0 Å². The Morgan fingerprint density at radius 1 is 1.22 bits per heavy atom. The normalized spacial score (nSPS) is 12.3. The lowest BCUT2D eigenvalue weighted by Gasteiger charge is -2.19. The van der Waals surface area contributed by atoms with Crippen molar-refractivity contribution in [3.63, 3.8) is 0 Å². The largest absolute Gasteiger partial charge is 0.383 e. The highest BCUT2D eigenvalue weighted by Gasteiger charge is 2.19. The first-order valence-electron chi connectivity index (χ1n) is 5.88. The number of pyridine rings is 2. The minimum Gasteiger partial charge on any atom is -0.383 e. The Hall–Kier alpha value is -1.98. The van der Waals surface area contributed by atoms with Gasteiger partial charge < -0.3 is 5.73 Å². The Kier molecular flexibility index (Phi) is 3.86. The molecule has 0 saturated heterocycles. The van der Waals surface area contributed by atoms with E-state index in [-0.39, 0.29) is 6.04 Å². The highest BCUT2D eigenvalue weighted by molar-refractivity contribution is 5.45. The zero-order valence-electron chi connectivity index (χ0n) is 10.3. The number of nitrogens with two attached hydrogens (primary N) is 2. The van der Waals surface area contributed by atoms with Crippen molar-refractivity contribution in [2.75, 3.05) is 5.73 Å². The molecule has 0 fully saturated rings. The Labute approximate surface area is 106 Å². The minimum atomic E-state index is -0.241.